The van der Waals surface area contributed by atoms with Gasteiger partial charge < -0.3 is 5.32 Å². The number of fused-ring (bicyclic) bond motifs is 1. The van der Waals surface area contributed by atoms with Gasteiger partial charge in [0.2, 0.25) is 5.91 Å². The van der Waals surface area contributed by atoms with E-state index in [0.29, 0.717) is 27.8 Å². The van der Waals surface area contributed by atoms with Crippen LogP contribution in [0.5, 0.6) is 0 Å². The van der Waals surface area contributed by atoms with Crippen molar-refractivity contribution >= 4 is 45.9 Å². The SMILES string of the molecule is Cc1ccc(-n2c(SC(C)C(=O)Nc3cccnc3Cl)nc3ccccc3c2=O)cc1F. The van der Waals surface area contributed by atoms with Gasteiger partial charge in [-0.25, -0.2) is 14.4 Å². The summed E-state index contributed by atoms with van der Waals surface area (Å²) in [6, 6.07) is 14.8. The molecule has 162 valence electrons. The zero-order chi connectivity index (χ0) is 22.8. The molecule has 0 aliphatic heterocycles. The van der Waals surface area contributed by atoms with Gasteiger partial charge >= 0.3 is 0 Å². The molecule has 6 nitrogen and oxygen atoms in total. The number of amides is 1. The number of benzene rings is 2. The lowest BCUT2D eigenvalue weighted by Crippen LogP contribution is -2.26. The van der Waals surface area contributed by atoms with Gasteiger partial charge in [0, 0.05) is 6.20 Å². The lowest BCUT2D eigenvalue weighted by molar-refractivity contribution is -0.115. The molecule has 2 aromatic carbocycles. The Morgan fingerprint density at radius 3 is 2.72 bits per heavy atom. The minimum atomic E-state index is -0.638. The van der Waals surface area contributed by atoms with Crippen LogP contribution in [0.1, 0.15) is 12.5 Å². The molecule has 0 aliphatic carbocycles. The first kappa shape index (κ1) is 22.0. The van der Waals surface area contributed by atoms with Gasteiger partial charge in [0.05, 0.1) is 27.5 Å². The molecule has 0 saturated heterocycles. The van der Waals surface area contributed by atoms with Crippen molar-refractivity contribution < 1.29 is 9.18 Å². The third-order valence-corrected chi connectivity index (χ3v) is 6.18. The number of carbonyl (C=O) groups is 1. The van der Waals surface area contributed by atoms with Gasteiger partial charge in [0.15, 0.2) is 10.3 Å². The van der Waals surface area contributed by atoms with E-state index in [1.54, 1.807) is 62.4 Å². The van der Waals surface area contributed by atoms with Gasteiger partial charge in [-0.05, 0) is 55.8 Å². The summed E-state index contributed by atoms with van der Waals surface area (Å²) in [6.07, 6.45) is 1.52. The topological polar surface area (TPSA) is 76.9 Å². The molecule has 0 radical (unpaired) electrons. The number of anilines is 1. The lowest BCUT2D eigenvalue weighted by Gasteiger charge is -2.17. The average molecular weight is 469 g/mol. The highest BCUT2D eigenvalue weighted by molar-refractivity contribution is 8.00. The van der Waals surface area contributed by atoms with E-state index >= 15 is 0 Å². The molecule has 4 aromatic rings. The Labute approximate surface area is 192 Å². The van der Waals surface area contributed by atoms with Crippen LogP contribution in [-0.4, -0.2) is 25.7 Å². The third-order valence-electron chi connectivity index (χ3n) is 4.83. The first-order valence-corrected chi connectivity index (χ1v) is 11.0. The van der Waals surface area contributed by atoms with Crippen LogP contribution < -0.4 is 10.9 Å². The molecule has 1 atom stereocenters. The van der Waals surface area contributed by atoms with Gasteiger partial charge in [-0.15, -0.1) is 0 Å². The molecule has 0 saturated carbocycles. The number of carbonyl (C=O) groups excluding carboxylic acids is 1. The van der Waals surface area contributed by atoms with Crippen molar-refractivity contribution in [2.24, 2.45) is 0 Å². The molecule has 9 heteroatoms. The van der Waals surface area contributed by atoms with Gasteiger partial charge in [-0.2, -0.15) is 0 Å². The average Bonchev–Trinajstić information content (AvgIpc) is 2.77. The molecule has 32 heavy (non-hydrogen) atoms. The largest absolute Gasteiger partial charge is 0.322 e. The fraction of sp³-hybridized carbons (Fsp3) is 0.130. The molecule has 0 aliphatic rings. The maximum absolute atomic E-state index is 14.3. The molecule has 1 N–H and O–H groups in total. The number of pyridine rings is 1. The molecule has 1 amide bonds. The minimum Gasteiger partial charge on any atom is -0.322 e. The first-order valence-electron chi connectivity index (χ1n) is 9.71. The number of hydrogen-bond acceptors (Lipinski definition) is 5. The molecule has 2 aromatic heterocycles. The van der Waals surface area contributed by atoms with Crippen LogP contribution >= 0.6 is 23.4 Å². The van der Waals surface area contributed by atoms with Crippen LogP contribution in [0.25, 0.3) is 16.6 Å². The van der Waals surface area contributed by atoms with Crippen LogP contribution in [0, 0.1) is 12.7 Å². The summed E-state index contributed by atoms with van der Waals surface area (Å²) in [5.74, 6) is -0.774. The Hall–Kier alpha value is -3.23. The second-order valence-corrected chi connectivity index (χ2v) is 8.74. The van der Waals surface area contributed by atoms with E-state index in [2.05, 4.69) is 15.3 Å². The van der Waals surface area contributed by atoms with Crippen molar-refractivity contribution in [3.8, 4) is 5.69 Å². The molecule has 2 heterocycles. The predicted molar refractivity (Wildman–Crippen MR) is 125 cm³/mol. The summed E-state index contributed by atoms with van der Waals surface area (Å²) in [5.41, 5.74) is 1.33. The van der Waals surface area contributed by atoms with Crippen molar-refractivity contribution in [2.45, 2.75) is 24.3 Å². The van der Waals surface area contributed by atoms with Crippen LogP contribution in [-0.2, 0) is 4.79 Å². The normalized spacial score (nSPS) is 12.0. The fourth-order valence-electron chi connectivity index (χ4n) is 3.07. The van der Waals surface area contributed by atoms with E-state index < -0.39 is 11.1 Å². The van der Waals surface area contributed by atoms with Crippen LogP contribution in [0.3, 0.4) is 0 Å². The molecular weight excluding hydrogens is 451 g/mol. The van der Waals surface area contributed by atoms with Crippen molar-refractivity contribution in [3.63, 3.8) is 0 Å². The Morgan fingerprint density at radius 2 is 1.97 bits per heavy atom. The highest BCUT2D eigenvalue weighted by Crippen LogP contribution is 2.27. The van der Waals surface area contributed by atoms with Crippen molar-refractivity contribution in [1.29, 1.82) is 0 Å². The van der Waals surface area contributed by atoms with Gasteiger partial charge in [0.25, 0.3) is 5.56 Å². The van der Waals surface area contributed by atoms with E-state index in [9.17, 15) is 14.0 Å². The second-order valence-electron chi connectivity index (χ2n) is 7.08. The van der Waals surface area contributed by atoms with E-state index in [1.807, 2.05) is 0 Å². The Kier molecular flexibility index (Phi) is 6.25. The summed E-state index contributed by atoms with van der Waals surface area (Å²) in [7, 11) is 0. The zero-order valence-electron chi connectivity index (χ0n) is 17.2. The van der Waals surface area contributed by atoms with Crippen LogP contribution in [0.2, 0.25) is 5.15 Å². The van der Waals surface area contributed by atoms with Crippen molar-refractivity contribution in [2.75, 3.05) is 5.32 Å². The van der Waals surface area contributed by atoms with Gasteiger partial charge in [-0.3, -0.25) is 14.2 Å². The zero-order valence-corrected chi connectivity index (χ0v) is 18.7. The number of nitrogens with zero attached hydrogens (tertiary/aromatic N) is 3. The number of rotatable bonds is 5. The molecule has 0 bridgehead atoms. The Morgan fingerprint density at radius 1 is 1.19 bits per heavy atom. The van der Waals surface area contributed by atoms with Gasteiger partial charge in [0.1, 0.15) is 5.82 Å². The van der Waals surface area contributed by atoms with Crippen molar-refractivity contribution in [1.82, 2.24) is 14.5 Å². The third kappa shape index (κ3) is 4.37. The summed E-state index contributed by atoms with van der Waals surface area (Å²) >= 11 is 7.12. The summed E-state index contributed by atoms with van der Waals surface area (Å²) in [4.78, 5) is 34.6. The fourth-order valence-corrected chi connectivity index (χ4v) is 4.16. The number of nitrogens with one attached hydrogen (secondary N) is 1. The molecule has 0 spiro atoms. The van der Waals surface area contributed by atoms with Crippen molar-refractivity contribution in [3.05, 3.63) is 87.7 Å². The van der Waals surface area contributed by atoms with E-state index in [0.717, 1.165) is 11.8 Å². The van der Waals surface area contributed by atoms with Crippen LogP contribution in [0.15, 0.2) is 70.7 Å². The molecule has 0 fully saturated rings. The predicted octanol–water partition coefficient (Wildman–Crippen LogP) is 5.00. The summed E-state index contributed by atoms with van der Waals surface area (Å²) in [6.45, 7) is 3.33. The molecule has 4 rings (SSSR count). The summed E-state index contributed by atoms with van der Waals surface area (Å²) in [5, 5.41) is 2.94. The lowest BCUT2D eigenvalue weighted by atomic mass is 10.2. The number of thioether (sulfide) groups is 1. The Balaban J connectivity index is 1.75. The number of aryl methyl sites for hydroxylation is 1. The number of aromatic nitrogens is 3. The maximum Gasteiger partial charge on any atom is 0.266 e. The summed E-state index contributed by atoms with van der Waals surface area (Å²) < 4.78 is 15.6. The maximum atomic E-state index is 14.3. The minimum absolute atomic E-state index is 0.175. The smallest absolute Gasteiger partial charge is 0.266 e. The standard InChI is InChI=1S/C23H18ClFN4O2S/c1-13-9-10-15(12-17(13)25)29-22(31)16-6-3-4-7-18(16)28-23(29)32-14(2)21(30)27-19-8-5-11-26-20(19)24/h3-12,14H,1-2H3,(H,27,30). The molecule has 1 unspecified atom stereocenters. The van der Waals surface area contributed by atoms with E-state index in [1.165, 1.54) is 16.8 Å². The first-order chi connectivity index (χ1) is 15.3. The van der Waals surface area contributed by atoms with E-state index in [-0.39, 0.29) is 21.8 Å². The van der Waals surface area contributed by atoms with E-state index in [4.69, 9.17) is 11.6 Å². The highest BCUT2D eigenvalue weighted by Gasteiger charge is 2.21. The number of hydrogen-bond donors (Lipinski definition) is 1. The quantitative estimate of drug-likeness (QED) is 0.253. The monoisotopic (exact) mass is 468 g/mol. The number of halogens is 2. The Bertz CT molecular complexity index is 1390. The molecular formula is C23H18ClFN4O2S. The van der Waals surface area contributed by atoms with Crippen LogP contribution in [0.4, 0.5) is 10.1 Å². The highest BCUT2D eigenvalue weighted by atomic mass is 35.5. The van der Waals surface area contributed by atoms with Gasteiger partial charge in [-0.1, -0.05) is 41.6 Å². The second kappa shape index (κ2) is 9.10. The number of para-hydroxylation sites is 1.